The SMILES string of the molecule is CO[SiH2]OC.FC(F)(F)c1ccc(Cl)cc1. The van der Waals surface area contributed by atoms with Gasteiger partial charge >= 0.3 is 16.2 Å². The van der Waals surface area contributed by atoms with Gasteiger partial charge in [0.1, 0.15) is 0 Å². The topological polar surface area (TPSA) is 18.5 Å². The summed E-state index contributed by atoms with van der Waals surface area (Å²) in [7, 11) is 2.73. The van der Waals surface area contributed by atoms with Crippen LogP contribution in [-0.4, -0.2) is 24.2 Å². The lowest BCUT2D eigenvalue weighted by atomic mass is 10.2. The van der Waals surface area contributed by atoms with E-state index in [0.717, 1.165) is 12.1 Å². The lowest BCUT2D eigenvalue weighted by Gasteiger charge is -2.04. The second-order valence-corrected chi connectivity index (χ2v) is 4.53. The summed E-state index contributed by atoms with van der Waals surface area (Å²) in [5.41, 5.74) is -0.679. The summed E-state index contributed by atoms with van der Waals surface area (Å²) < 4.78 is 44.8. The zero-order chi connectivity index (χ0) is 12.6. The summed E-state index contributed by atoms with van der Waals surface area (Å²) in [4.78, 5) is 0. The fraction of sp³-hybridized carbons (Fsp3) is 0.333. The maximum absolute atomic E-state index is 11.9. The molecule has 0 aromatic heterocycles. The molecular weight excluding hydrogens is 261 g/mol. The van der Waals surface area contributed by atoms with Crippen molar-refractivity contribution in [3.8, 4) is 0 Å². The predicted octanol–water partition coefficient (Wildman–Crippen LogP) is 2.64. The quantitative estimate of drug-likeness (QED) is 0.771. The van der Waals surface area contributed by atoms with Gasteiger partial charge in [0.05, 0.1) is 5.56 Å². The first-order valence-electron chi connectivity index (χ1n) is 4.22. The zero-order valence-corrected chi connectivity index (χ0v) is 11.0. The van der Waals surface area contributed by atoms with Gasteiger partial charge in [0.25, 0.3) is 0 Å². The largest absolute Gasteiger partial charge is 0.416 e. The predicted molar refractivity (Wildman–Crippen MR) is 59.0 cm³/mol. The molecule has 0 aliphatic rings. The highest BCUT2D eigenvalue weighted by molar-refractivity contribution is 6.30. The number of halogens is 4. The van der Waals surface area contributed by atoms with Gasteiger partial charge in [0.2, 0.25) is 0 Å². The second-order valence-electron chi connectivity index (χ2n) is 2.70. The van der Waals surface area contributed by atoms with Crippen LogP contribution in [0.5, 0.6) is 0 Å². The van der Waals surface area contributed by atoms with E-state index in [0.29, 0.717) is 5.02 Å². The molecule has 0 spiro atoms. The Hall–Kier alpha value is -0.563. The Balaban J connectivity index is 0.000000385. The Morgan fingerprint density at radius 3 is 1.75 bits per heavy atom. The van der Waals surface area contributed by atoms with Crippen LogP contribution in [0.4, 0.5) is 13.2 Å². The molecule has 0 saturated carbocycles. The Bertz CT molecular complexity index is 288. The van der Waals surface area contributed by atoms with Crippen LogP contribution in [0.15, 0.2) is 24.3 Å². The third-order valence-electron chi connectivity index (χ3n) is 1.41. The molecule has 92 valence electrons. The standard InChI is InChI=1S/C7H4ClF3.C2H8O2Si/c8-6-3-1-5(2-4-6)7(9,10)11;1-3-5-4-2/h1-4H;5H2,1-2H3. The van der Waals surface area contributed by atoms with Crippen molar-refractivity contribution >= 4 is 21.6 Å². The van der Waals surface area contributed by atoms with E-state index in [1.807, 2.05) is 0 Å². The maximum Gasteiger partial charge on any atom is 0.416 e. The van der Waals surface area contributed by atoms with E-state index >= 15 is 0 Å². The van der Waals surface area contributed by atoms with Gasteiger partial charge in [-0.05, 0) is 24.3 Å². The lowest BCUT2D eigenvalue weighted by Crippen LogP contribution is -2.03. The normalized spacial score (nSPS) is 10.6. The van der Waals surface area contributed by atoms with Crippen molar-refractivity contribution in [1.29, 1.82) is 0 Å². The van der Waals surface area contributed by atoms with Gasteiger partial charge in [-0.2, -0.15) is 13.2 Å². The van der Waals surface area contributed by atoms with E-state index in [-0.39, 0.29) is 0 Å². The molecule has 0 saturated heterocycles. The molecule has 0 aliphatic heterocycles. The Kier molecular flexibility index (Phi) is 7.40. The van der Waals surface area contributed by atoms with Crippen LogP contribution in [0.1, 0.15) is 5.56 Å². The Morgan fingerprint density at radius 1 is 1.06 bits per heavy atom. The summed E-state index contributed by atoms with van der Waals surface area (Å²) in [5, 5.41) is 0.304. The molecule has 7 heteroatoms. The first-order valence-corrected chi connectivity index (χ1v) is 5.75. The third-order valence-corrected chi connectivity index (χ3v) is 2.13. The molecule has 0 atom stereocenters. The lowest BCUT2D eigenvalue weighted by molar-refractivity contribution is -0.137. The first kappa shape index (κ1) is 15.4. The summed E-state index contributed by atoms with van der Waals surface area (Å²) in [6, 6.07) is 4.32. The number of alkyl halides is 3. The molecule has 0 amide bonds. The highest BCUT2D eigenvalue weighted by Gasteiger charge is 2.29. The van der Waals surface area contributed by atoms with E-state index < -0.39 is 21.7 Å². The van der Waals surface area contributed by atoms with E-state index in [1.54, 1.807) is 14.2 Å². The van der Waals surface area contributed by atoms with Crippen LogP contribution in [0.3, 0.4) is 0 Å². The van der Waals surface area contributed by atoms with Gasteiger partial charge in [0.15, 0.2) is 0 Å². The molecule has 0 N–H and O–H groups in total. The minimum atomic E-state index is -4.27. The molecule has 0 unspecified atom stereocenters. The number of rotatable bonds is 2. The van der Waals surface area contributed by atoms with Crippen LogP contribution in [0.25, 0.3) is 0 Å². The van der Waals surface area contributed by atoms with Crippen molar-refractivity contribution in [2.75, 3.05) is 14.2 Å². The van der Waals surface area contributed by atoms with E-state index in [4.69, 9.17) is 11.6 Å². The molecule has 2 nitrogen and oxygen atoms in total. The molecule has 0 fully saturated rings. The summed E-state index contributed by atoms with van der Waals surface area (Å²) in [5.74, 6) is 0. The van der Waals surface area contributed by atoms with Crippen LogP contribution in [0.2, 0.25) is 5.02 Å². The third kappa shape index (κ3) is 6.84. The minimum Gasteiger partial charge on any atom is -0.402 e. The van der Waals surface area contributed by atoms with Crippen molar-refractivity contribution in [3.05, 3.63) is 34.9 Å². The van der Waals surface area contributed by atoms with Crippen LogP contribution in [0, 0.1) is 0 Å². The molecule has 0 aliphatic carbocycles. The molecule has 16 heavy (non-hydrogen) atoms. The van der Waals surface area contributed by atoms with Crippen molar-refractivity contribution in [1.82, 2.24) is 0 Å². The molecule has 1 aromatic carbocycles. The van der Waals surface area contributed by atoms with Gasteiger partial charge in [-0.1, -0.05) is 11.6 Å². The minimum absolute atomic E-state index is 0.304. The summed E-state index contributed by atoms with van der Waals surface area (Å²) in [6.45, 7) is 0. The van der Waals surface area contributed by atoms with Gasteiger partial charge < -0.3 is 8.85 Å². The number of hydrogen-bond donors (Lipinski definition) is 0. The zero-order valence-electron chi connectivity index (χ0n) is 8.84. The van der Waals surface area contributed by atoms with Crippen LogP contribution >= 0.6 is 11.6 Å². The summed E-state index contributed by atoms with van der Waals surface area (Å²) >= 11 is 5.39. The molecule has 0 heterocycles. The molecular formula is C9H12ClF3O2Si. The van der Waals surface area contributed by atoms with Crippen molar-refractivity contribution in [2.45, 2.75) is 6.18 Å². The monoisotopic (exact) mass is 272 g/mol. The summed E-state index contributed by atoms with van der Waals surface area (Å²) in [6.07, 6.45) is -4.27. The van der Waals surface area contributed by atoms with Crippen molar-refractivity contribution < 1.29 is 22.0 Å². The van der Waals surface area contributed by atoms with Gasteiger partial charge in [-0.15, -0.1) is 0 Å². The van der Waals surface area contributed by atoms with Crippen LogP contribution < -0.4 is 0 Å². The Labute approximate surface area is 99.4 Å². The second kappa shape index (κ2) is 7.67. The van der Waals surface area contributed by atoms with E-state index in [1.165, 1.54) is 12.1 Å². The fourth-order valence-corrected chi connectivity index (χ4v) is 1.12. The van der Waals surface area contributed by atoms with Gasteiger partial charge in [0, 0.05) is 19.2 Å². The van der Waals surface area contributed by atoms with Gasteiger partial charge in [-0.3, -0.25) is 0 Å². The average molecular weight is 273 g/mol. The maximum atomic E-state index is 11.9. The van der Waals surface area contributed by atoms with Gasteiger partial charge in [-0.25, -0.2) is 0 Å². The van der Waals surface area contributed by atoms with Crippen LogP contribution in [-0.2, 0) is 15.0 Å². The molecule has 1 aromatic rings. The highest BCUT2D eigenvalue weighted by Crippen LogP contribution is 2.29. The molecule has 1 rings (SSSR count). The number of benzene rings is 1. The van der Waals surface area contributed by atoms with Crippen molar-refractivity contribution in [2.24, 2.45) is 0 Å². The van der Waals surface area contributed by atoms with E-state index in [2.05, 4.69) is 8.85 Å². The van der Waals surface area contributed by atoms with E-state index in [9.17, 15) is 13.2 Å². The highest BCUT2D eigenvalue weighted by atomic mass is 35.5. The number of hydrogen-bond acceptors (Lipinski definition) is 2. The fourth-order valence-electron chi connectivity index (χ4n) is 0.757. The van der Waals surface area contributed by atoms with Crippen molar-refractivity contribution in [3.63, 3.8) is 0 Å². The Morgan fingerprint density at radius 2 is 1.50 bits per heavy atom. The average Bonchev–Trinajstić information content (AvgIpc) is 2.19. The molecule has 0 bridgehead atoms. The smallest absolute Gasteiger partial charge is 0.402 e. The first-order chi connectivity index (χ1) is 7.41. The molecule has 0 radical (unpaired) electrons.